The molecule has 1 fully saturated rings. The minimum atomic E-state index is -1.06. The summed E-state index contributed by atoms with van der Waals surface area (Å²) in [7, 11) is 0. The maximum absolute atomic E-state index is 13.0. The number of hydrogen-bond acceptors (Lipinski definition) is 6. The van der Waals surface area contributed by atoms with Gasteiger partial charge in [0.1, 0.15) is 0 Å². The molecule has 0 radical (unpaired) electrons. The third-order valence-corrected chi connectivity index (χ3v) is 9.26. The Hall–Kier alpha value is -5.41. The molecule has 0 bridgehead atoms. The van der Waals surface area contributed by atoms with Crippen LogP contribution < -0.4 is 10.6 Å². The molecule has 0 spiro atoms. The summed E-state index contributed by atoms with van der Waals surface area (Å²) in [6.45, 7) is 3.27. The molecule has 2 heterocycles. The molecule has 0 saturated heterocycles. The van der Waals surface area contributed by atoms with E-state index in [2.05, 4.69) is 61.9 Å². The van der Waals surface area contributed by atoms with Crippen molar-refractivity contribution in [3.8, 4) is 0 Å². The average Bonchev–Trinajstić information content (AvgIpc) is 3.15. The summed E-state index contributed by atoms with van der Waals surface area (Å²) in [5, 5.41) is 14.6. The molecule has 5 aromatic rings. The maximum Gasteiger partial charge on any atom is 0.356 e. The van der Waals surface area contributed by atoms with Gasteiger partial charge in [-0.2, -0.15) is 0 Å². The first-order valence-electron chi connectivity index (χ1n) is 17.0. The van der Waals surface area contributed by atoms with Gasteiger partial charge < -0.3 is 15.7 Å². The molecular formula is C40H41N5O4. The van der Waals surface area contributed by atoms with E-state index in [9.17, 15) is 14.4 Å². The predicted molar refractivity (Wildman–Crippen MR) is 191 cm³/mol. The first-order chi connectivity index (χ1) is 23.9. The van der Waals surface area contributed by atoms with E-state index in [-0.39, 0.29) is 17.5 Å². The number of benzene rings is 4. The number of carboxylic acids is 1. The van der Waals surface area contributed by atoms with Crippen LogP contribution in [0.3, 0.4) is 0 Å². The number of aromatic nitrogens is 2. The van der Waals surface area contributed by atoms with Crippen molar-refractivity contribution in [3.63, 3.8) is 0 Å². The van der Waals surface area contributed by atoms with Crippen LogP contribution in [0.2, 0.25) is 0 Å². The fraction of sp³-hybridized carbons (Fsp3) is 0.275. The van der Waals surface area contributed by atoms with Gasteiger partial charge >= 0.3 is 5.97 Å². The summed E-state index contributed by atoms with van der Waals surface area (Å²) in [5.41, 5.74) is 7.00. The van der Waals surface area contributed by atoms with Crippen molar-refractivity contribution in [1.82, 2.24) is 20.2 Å². The quantitative estimate of drug-likeness (QED) is 0.163. The highest BCUT2D eigenvalue weighted by Gasteiger charge is 2.19. The summed E-state index contributed by atoms with van der Waals surface area (Å²) in [6.07, 6.45) is 8.68. The Morgan fingerprint density at radius 3 is 2.24 bits per heavy atom. The van der Waals surface area contributed by atoms with Crippen LogP contribution in [0, 0.1) is 0 Å². The lowest BCUT2D eigenvalue weighted by molar-refractivity contribution is 0.0690. The highest BCUT2D eigenvalue weighted by Crippen LogP contribution is 2.32. The molecule has 1 saturated carbocycles. The predicted octanol–water partition coefficient (Wildman–Crippen LogP) is 7.10. The van der Waals surface area contributed by atoms with Gasteiger partial charge in [-0.15, -0.1) is 0 Å². The summed E-state index contributed by atoms with van der Waals surface area (Å²) in [4.78, 5) is 46.7. The van der Waals surface area contributed by atoms with Gasteiger partial charge in [-0.1, -0.05) is 79.9 Å². The molecule has 1 aliphatic heterocycles. The van der Waals surface area contributed by atoms with Crippen LogP contribution >= 0.6 is 0 Å². The van der Waals surface area contributed by atoms with Gasteiger partial charge in [0.15, 0.2) is 5.69 Å². The highest BCUT2D eigenvalue weighted by molar-refractivity contribution is 6.09. The first-order valence-corrected chi connectivity index (χ1v) is 17.0. The number of carboxylic acid groups (broad SMARTS) is 1. The average molecular weight is 656 g/mol. The van der Waals surface area contributed by atoms with Gasteiger partial charge in [-0.3, -0.25) is 19.5 Å². The number of nitrogens with one attached hydrogen (secondary N) is 2. The number of anilines is 1. The van der Waals surface area contributed by atoms with E-state index >= 15 is 0 Å². The minimum Gasteiger partial charge on any atom is -0.476 e. The van der Waals surface area contributed by atoms with Crippen molar-refractivity contribution in [2.75, 3.05) is 25.0 Å². The van der Waals surface area contributed by atoms with Gasteiger partial charge in [0.25, 0.3) is 11.8 Å². The summed E-state index contributed by atoms with van der Waals surface area (Å²) < 4.78 is 0. The number of carbonyl (C=O) groups excluding carboxylic acids is 2. The van der Waals surface area contributed by atoms with E-state index < -0.39 is 5.97 Å². The Labute approximate surface area is 286 Å². The third kappa shape index (κ3) is 8.74. The Bertz CT molecular complexity index is 1920. The van der Waals surface area contributed by atoms with Gasteiger partial charge in [-0.25, -0.2) is 9.78 Å². The van der Waals surface area contributed by atoms with Crippen molar-refractivity contribution in [2.45, 2.75) is 51.0 Å². The number of nitrogens with zero attached hydrogens (tertiary/aromatic N) is 3. The molecular weight excluding hydrogens is 614 g/mol. The molecule has 9 nitrogen and oxygen atoms in total. The molecule has 7 rings (SSSR count). The van der Waals surface area contributed by atoms with Crippen molar-refractivity contribution in [2.24, 2.45) is 0 Å². The van der Waals surface area contributed by atoms with E-state index in [4.69, 9.17) is 5.11 Å². The fourth-order valence-corrected chi connectivity index (χ4v) is 6.56. The van der Waals surface area contributed by atoms with Gasteiger partial charge in [-0.05, 0) is 78.3 Å². The lowest BCUT2D eigenvalue weighted by atomic mass is 9.84. The van der Waals surface area contributed by atoms with Crippen LogP contribution in [0.1, 0.15) is 85.9 Å². The molecule has 1 aliphatic carbocycles. The van der Waals surface area contributed by atoms with Gasteiger partial charge in [0, 0.05) is 31.7 Å². The topological polar surface area (TPSA) is 125 Å². The number of para-hydroxylation sites is 3. The Balaban J connectivity index is 0.000000267. The Morgan fingerprint density at radius 2 is 1.47 bits per heavy atom. The number of carbonyl (C=O) groups is 3. The summed E-state index contributed by atoms with van der Waals surface area (Å²) in [6, 6.07) is 30.9. The molecule has 2 amide bonds. The first kappa shape index (κ1) is 33.5. The molecule has 4 aromatic carbocycles. The van der Waals surface area contributed by atoms with Crippen molar-refractivity contribution in [1.29, 1.82) is 0 Å². The number of aromatic carboxylic acids is 1. The molecule has 3 N–H and O–H groups in total. The van der Waals surface area contributed by atoms with E-state index in [1.54, 1.807) is 30.3 Å². The van der Waals surface area contributed by atoms with Crippen LogP contribution in [0.4, 0.5) is 5.69 Å². The van der Waals surface area contributed by atoms with Crippen molar-refractivity contribution < 1.29 is 19.5 Å². The molecule has 1 aromatic heterocycles. The Kier molecular flexibility index (Phi) is 11.0. The Morgan fingerprint density at radius 1 is 0.776 bits per heavy atom. The van der Waals surface area contributed by atoms with Crippen LogP contribution in [-0.2, 0) is 13.0 Å². The maximum atomic E-state index is 13.0. The van der Waals surface area contributed by atoms with Crippen LogP contribution in [0.5, 0.6) is 0 Å². The molecule has 2 aliphatic rings. The van der Waals surface area contributed by atoms with Crippen LogP contribution in [-0.4, -0.2) is 57.4 Å². The number of rotatable bonds is 8. The van der Waals surface area contributed by atoms with Crippen molar-refractivity contribution in [3.05, 3.63) is 137 Å². The van der Waals surface area contributed by atoms with E-state index in [0.29, 0.717) is 40.3 Å². The fourth-order valence-electron chi connectivity index (χ4n) is 6.56. The second-order valence-electron chi connectivity index (χ2n) is 12.6. The SMILES string of the molecule is O=C(Nc1ccccc1C(=O)NCCN1CCc2ccccc2C1)c1ccc(C2CCCCC2)cc1.O=C(O)c1cnc2ccccc2n1. The van der Waals surface area contributed by atoms with Crippen LogP contribution in [0.25, 0.3) is 11.0 Å². The zero-order valence-corrected chi connectivity index (χ0v) is 27.5. The molecule has 9 heteroatoms. The second kappa shape index (κ2) is 16.1. The number of fused-ring (bicyclic) bond motifs is 2. The highest BCUT2D eigenvalue weighted by atomic mass is 16.4. The summed E-state index contributed by atoms with van der Waals surface area (Å²) in [5.74, 6) is -0.813. The summed E-state index contributed by atoms with van der Waals surface area (Å²) >= 11 is 0. The minimum absolute atomic E-state index is 0.0290. The lowest BCUT2D eigenvalue weighted by Gasteiger charge is -2.28. The zero-order valence-electron chi connectivity index (χ0n) is 27.5. The zero-order chi connectivity index (χ0) is 34.0. The normalized spacial score (nSPS) is 14.6. The second-order valence-corrected chi connectivity index (χ2v) is 12.6. The number of amides is 2. The smallest absolute Gasteiger partial charge is 0.356 e. The lowest BCUT2D eigenvalue weighted by Crippen LogP contribution is -2.38. The monoisotopic (exact) mass is 655 g/mol. The van der Waals surface area contributed by atoms with Crippen LogP contribution in [0.15, 0.2) is 103 Å². The largest absolute Gasteiger partial charge is 0.476 e. The van der Waals surface area contributed by atoms with Crippen molar-refractivity contribution >= 4 is 34.5 Å². The molecule has 0 atom stereocenters. The van der Waals surface area contributed by atoms with Gasteiger partial charge in [0.05, 0.1) is 28.5 Å². The third-order valence-electron chi connectivity index (χ3n) is 9.26. The number of hydrogen-bond donors (Lipinski definition) is 3. The van der Waals surface area contributed by atoms with E-state index in [1.807, 2.05) is 30.3 Å². The molecule has 0 unspecified atom stereocenters. The van der Waals surface area contributed by atoms with Gasteiger partial charge in [0.2, 0.25) is 0 Å². The molecule has 250 valence electrons. The standard InChI is InChI=1S/C31H35N3O2.C9H6N2O2/c35-30(26-16-14-25(15-17-26)23-8-2-1-3-9-23)33-29-13-7-6-12-28(29)31(36)32-19-21-34-20-18-24-10-4-5-11-27(24)22-34;12-9(13)8-5-10-6-3-1-2-4-7(6)11-8/h4-7,10-17,23H,1-3,8-9,18-22H2,(H,32,36)(H,33,35);1-5H,(H,12,13). The van der Waals surface area contributed by atoms with E-state index in [1.165, 1.54) is 55.0 Å². The van der Waals surface area contributed by atoms with E-state index in [0.717, 1.165) is 26.1 Å². The molecule has 49 heavy (non-hydrogen) atoms.